The molecule has 0 radical (unpaired) electrons. The molecule has 0 bridgehead atoms. The van der Waals surface area contributed by atoms with Crippen LogP contribution >= 0.6 is 0 Å². The van der Waals surface area contributed by atoms with Gasteiger partial charge >= 0.3 is 0 Å². The fourth-order valence-electron chi connectivity index (χ4n) is 3.61. The van der Waals surface area contributed by atoms with Crippen LogP contribution in [0.1, 0.15) is 25.3 Å². The lowest BCUT2D eigenvalue weighted by atomic mass is 10.0. The Labute approximate surface area is 150 Å². The summed E-state index contributed by atoms with van der Waals surface area (Å²) in [6.07, 6.45) is 2.52. The molecule has 1 aromatic rings. The summed E-state index contributed by atoms with van der Waals surface area (Å²) in [5.41, 5.74) is 7.48. The summed E-state index contributed by atoms with van der Waals surface area (Å²) in [6.45, 7) is 5.95. The van der Waals surface area contributed by atoms with Crippen LogP contribution in [-0.2, 0) is 11.2 Å². The summed E-state index contributed by atoms with van der Waals surface area (Å²) in [5.74, 6) is 1.65. The molecule has 2 fully saturated rings. The van der Waals surface area contributed by atoms with Gasteiger partial charge in [-0.25, -0.2) is 0 Å². The quantitative estimate of drug-likeness (QED) is 0.715. The molecule has 138 valence electrons. The van der Waals surface area contributed by atoms with Gasteiger partial charge in [-0.15, -0.1) is 0 Å². The zero-order valence-corrected chi connectivity index (χ0v) is 15.3. The number of hydrogen-bond acceptors (Lipinski definition) is 5. The second-order valence-corrected chi connectivity index (χ2v) is 7.17. The maximum absolute atomic E-state index is 12.5. The molecule has 3 N–H and O–H groups in total. The SMILES string of the molecule is COc1cccc(CC(=O)N2CCC(NCC3CNNC3C)CC2)c1. The number of hydrogen-bond donors (Lipinski definition) is 3. The highest BCUT2D eigenvalue weighted by Crippen LogP contribution is 2.16. The number of ether oxygens (including phenoxy) is 1. The Morgan fingerprint density at radius 1 is 1.36 bits per heavy atom. The van der Waals surface area contributed by atoms with Crippen molar-refractivity contribution in [2.75, 3.05) is 33.3 Å². The lowest BCUT2D eigenvalue weighted by Crippen LogP contribution is -2.47. The minimum atomic E-state index is 0.213. The van der Waals surface area contributed by atoms with E-state index in [9.17, 15) is 4.79 Å². The average molecular weight is 346 g/mol. The first-order chi connectivity index (χ1) is 12.2. The fraction of sp³-hybridized carbons (Fsp3) is 0.632. The molecule has 0 aromatic heterocycles. The molecule has 6 nitrogen and oxygen atoms in total. The molecule has 1 amide bonds. The Balaban J connectivity index is 1.41. The van der Waals surface area contributed by atoms with Gasteiger partial charge in [0.2, 0.25) is 5.91 Å². The van der Waals surface area contributed by atoms with E-state index in [0.717, 1.165) is 50.3 Å². The Morgan fingerprint density at radius 3 is 2.84 bits per heavy atom. The number of hydrazine groups is 1. The van der Waals surface area contributed by atoms with Crippen LogP contribution in [0.25, 0.3) is 0 Å². The Kier molecular flexibility index (Phi) is 6.29. The van der Waals surface area contributed by atoms with E-state index in [4.69, 9.17) is 4.74 Å². The van der Waals surface area contributed by atoms with Crippen molar-refractivity contribution in [2.45, 2.75) is 38.3 Å². The molecule has 3 rings (SSSR count). The van der Waals surface area contributed by atoms with Gasteiger partial charge in [-0.2, -0.15) is 0 Å². The third-order valence-corrected chi connectivity index (χ3v) is 5.41. The molecule has 2 saturated heterocycles. The van der Waals surface area contributed by atoms with Crippen LogP contribution in [0, 0.1) is 5.92 Å². The van der Waals surface area contributed by atoms with Crippen molar-refractivity contribution in [1.29, 1.82) is 0 Å². The van der Waals surface area contributed by atoms with Gasteiger partial charge in [0.15, 0.2) is 0 Å². The van der Waals surface area contributed by atoms with E-state index in [1.807, 2.05) is 29.2 Å². The first-order valence-electron chi connectivity index (χ1n) is 9.28. The highest BCUT2D eigenvalue weighted by molar-refractivity contribution is 5.79. The van der Waals surface area contributed by atoms with Crippen LogP contribution in [0.4, 0.5) is 0 Å². The lowest BCUT2D eigenvalue weighted by molar-refractivity contribution is -0.131. The third kappa shape index (κ3) is 4.93. The van der Waals surface area contributed by atoms with Crippen LogP contribution in [0.3, 0.4) is 0 Å². The van der Waals surface area contributed by atoms with Gasteiger partial charge < -0.3 is 15.0 Å². The Morgan fingerprint density at radius 2 is 2.16 bits per heavy atom. The maximum Gasteiger partial charge on any atom is 0.226 e. The van der Waals surface area contributed by atoms with E-state index in [1.54, 1.807) is 7.11 Å². The molecule has 2 aliphatic rings. The van der Waals surface area contributed by atoms with Gasteiger partial charge in [0, 0.05) is 44.2 Å². The normalized spacial score (nSPS) is 24.5. The number of benzene rings is 1. The summed E-state index contributed by atoms with van der Waals surface area (Å²) < 4.78 is 5.23. The summed E-state index contributed by atoms with van der Waals surface area (Å²) in [7, 11) is 1.65. The van der Waals surface area contributed by atoms with Crippen molar-refractivity contribution in [3.8, 4) is 5.75 Å². The van der Waals surface area contributed by atoms with Gasteiger partial charge in [-0.1, -0.05) is 12.1 Å². The number of carbonyl (C=O) groups is 1. The zero-order chi connectivity index (χ0) is 17.6. The number of amides is 1. The van der Waals surface area contributed by atoms with Crippen LogP contribution in [-0.4, -0.2) is 56.2 Å². The molecule has 2 unspecified atom stereocenters. The number of carbonyl (C=O) groups excluding carboxylic acids is 1. The predicted molar refractivity (Wildman–Crippen MR) is 98.4 cm³/mol. The van der Waals surface area contributed by atoms with Gasteiger partial charge in [-0.05, 0) is 37.5 Å². The van der Waals surface area contributed by atoms with Crippen molar-refractivity contribution in [3.05, 3.63) is 29.8 Å². The number of piperidine rings is 1. The van der Waals surface area contributed by atoms with Crippen molar-refractivity contribution < 1.29 is 9.53 Å². The number of nitrogens with zero attached hydrogens (tertiary/aromatic N) is 1. The van der Waals surface area contributed by atoms with Gasteiger partial charge in [0.25, 0.3) is 0 Å². The van der Waals surface area contributed by atoms with Crippen LogP contribution in [0.5, 0.6) is 5.75 Å². The average Bonchev–Trinajstić information content (AvgIpc) is 3.05. The molecular weight excluding hydrogens is 316 g/mol. The molecule has 2 aliphatic heterocycles. The third-order valence-electron chi connectivity index (χ3n) is 5.41. The van der Waals surface area contributed by atoms with Gasteiger partial charge in [0.1, 0.15) is 5.75 Å². The first kappa shape index (κ1) is 18.2. The van der Waals surface area contributed by atoms with E-state index in [1.165, 1.54) is 0 Å². The summed E-state index contributed by atoms with van der Waals surface area (Å²) in [6, 6.07) is 8.80. The monoisotopic (exact) mass is 346 g/mol. The minimum absolute atomic E-state index is 0.213. The molecule has 1 aromatic carbocycles. The Bertz CT molecular complexity index is 572. The van der Waals surface area contributed by atoms with E-state index in [-0.39, 0.29) is 5.91 Å². The highest BCUT2D eigenvalue weighted by atomic mass is 16.5. The molecule has 6 heteroatoms. The number of methoxy groups -OCH3 is 1. The first-order valence-corrected chi connectivity index (χ1v) is 9.28. The summed E-state index contributed by atoms with van der Waals surface area (Å²) in [5, 5.41) is 3.68. The smallest absolute Gasteiger partial charge is 0.226 e. The molecular formula is C19H30N4O2. The maximum atomic E-state index is 12.5. The predicted octanol–water partition coefficient (Wildman–Crippen LogP) is 0.931. The largest absolute Gasteiger partial charge is 0.497 e. The van der Waals surface area contributed by atoms with Gasteiger partial charge in [-0.3, -0.25) is 15.6 Å². The van der Waals surface area contributed by atoms with Gasteiger partial charge in [0.05, 0.1) is 13.5 Å². The standard InChI is InChI=1S/C19H30N4O2/c1-14-16(13-21-22-14)12-20-17-6-8-23(9-7-17)19(24)11-15-4-3-5-18(10-15)25-2/h3-5,10,14,16-17,20-22H,6-9,11-13H2,1-2H3. The molecule has 2 atom stereocenters. The molecule has 0 saturated carbocycles. The minimum Gasteiger partial charge on any atom is -0.497 e. The molecule has 0 spiro atoms. The summed E-state index contributed by atoms with van der Waals surface area (Å²) >= 11 is 0. The second-order valence-electron chi connectivity index (χ2n) is 7.17. The van der Waals surface area contributed by atoms with Crippen molar-refractivity contribution in [1.82, 2.24) is 21.1 Å². The molecule has 2 heterocycles. The van der Waals surface area contributed by atoms with E-state index in [2.05, 4.69) is 23.1 Å². The zero-order valence-electron chi connectivity index (χ0n) is 15.3. The van der Waals surface area contributed by atoms with Crippen molar-refractivity contribution in [3.63, 3.8) is 0 Å². The second kappa shape index (κ2) is 8.65. The van der Waals surface area contributed by atoms with E-state index < -0.39 is 0 Å². The topological polar surface area (TPSA) is 65.6 Å². The van der Waals surface area contributed by atoms with E-state index >= 15 is 0 Å². The Hall–Kier alpha value is -1.63. The fourth-order valence-corrected chi connectivity index (χ4v) is 3.61. The number of nitrogens with one attached hydrogen (secondary N) is 3. The van der Waals surface area contributed by atoms with Crippen molar-refractivity contribution in [2.24, 2.45) is 5.92 Å². The number of rotatable bonds is 6. The lowest BCUT2D eigenvalue weighted by Gasteiger charge is -2.33. The number of likely N-dealkylation sites (tertiary alicyclic amines) is 1. The summed E-state index contributed by atoms with van der Waals surface area (Å²) in [4.78, 5) is 14.5. The molecule has 0 aliphatic carbocycles. The van der Waals surface area contributed by atoms with Crippen LogP contribution in [0.15, 0.2) is 24.3 Å². The highest BCUT2D eigenvalue weighted by Gasteiger charge is 2.26. The van der Waals surface area contributed by atoms with Crippen LogP contribution in [0.2, 0.25) is 0 Å². The van der Waals surface area contributed by atoms with Crippen molar-refractivity contribution >= 4 is 5.91 Å². The van der Waals surface area contributed by atoms with Crippen LogP contribution < -0.4 is 20.9 Å². The van der Waals surface area contributed by atoms with E-state index in [0.29, 0.717) is 24.4 Å². The molecule has 25 heavy (non-hydrogen) atoms.